The molecule has 2 atom stereocenters. The summed E-state index contributed by atoms with van der Waals surface area (Å²) in [7, 11) is 0. The second-order valence-electron chi connectivity index (χ2n) is 4.15. The quantitative estimate of drug-likeness (QED) is 0.795. The number of nitrogens with zero attached hydrogens (tertiary/aromatic N) is 2. The highest BCUT2D eigenvalue weighted by molar-refractivity contribution is 5.18. The third kappa shape index (κ3) is 2.26. The lowest BCUT2D eigenvalue weighted by atomic mass is 10.2. The van der Waals surface area contributed by atoms with E-state index in [2.05, 4.69) is 9.97 Å². The number of rotatable bonds is 2. The SMILES string of the molecule is Cc1cnc(C)c(OC2CCCC2N)n1. The Labute approximate surface area is 89.9 Å². The highest BCUT2D eigenvalue weighted by atomic mass is 16.5. The van der Waals surface area contributed by atoms with Gasteiger partial charge in [-0.3, -0.25) is 4.98 Å². The zero-order valence-electron chi connectivity index (χ0n) is 9.23. The van der Waals surface area contributed by atoms with E-state index in [1.807, 2.05) is 13.8 Å². The summed E-state index contributed by atoms with van der Waals surface area (Å²) in [6.07, 6.45) is 5.07. The molecule has 2 rings (SSSR count). The highest BCUT2D eigenvalue weighted by Gasteiger charge is 2.26. The normalized spacial score (nSPS) is 25.5. The molecule has 1 saturated carbocycles. The van der Waals surface area contributed by atoms with Crippen molar-refractivity contribution < 1.29 is 4.74 Å². The molecule has 1 aliphatic carbocycles. The van der Waals surface area contributed by atoms with E-state index < -0.39 is 0 Å². The topological polar surface area (TPSA) is 61.0 Å². The Morgan fingerprint density at radius 1 is 1.40 bits per heavy atom. The van der Waals surface area contributed by atoms with E-state index in [9.17, 15) is 0 Å². The summed E-state index contributed by atoms with van der Waals surface area (Å²) < 4.78 is 5.80. The van der Waals surface area contributed by atoms with Gasteiger partial charge in [0.15, 0.2) is 0 Å². The molecule has 2 unspecified atom stereocenters. The first-order valence-electron chi connectivity index (χ1n) is 5.39. The molecule has 0 aromatic carbocycles. The number of hydrogen-bond acceptors (Lipinski definition) is 4. The maximum atomic E-state index is 5.94. The Balaban J connectivity index is 2.12. The predicted octanol–water partition coefficient (Wildman–Crippen LogP) is 1.35. The van der Waals surface area contributed by atoms with Crippen LogP contribution in [0.1, 0.15) is 30.7 Å². The van der Waals surface area contributed by atoms with Crippen molar-refractivity contribution >= 4 is 0 Å². The number of hydrogen-bond donors (Lipinski definition) is 1. The van der Waals surface area contributed by atoms with Crippen molar-refractivity contribution in [3.05, 3.63) is 17.6 Å². The predicted molar refractivity (Wildman–Crippen MR) is 57.7 cm³/mol. The molecule has 1 aromatic rings. The van der Waals surface area contributed by atoms with Crippen LogP contribution in [0, 0.1) is 13.8 Å². The van der Waals surface area contributed by atoms with E-state index in [1.54, 1.807) is 6.20 Å². The monoisotopic (exact) mass is 207 g/mol. The lowest BCUT2D eigenvalue weighted by molar-refractivity contribution is 0.181. The van der Waals surface area contributed by atoms with Crippen molar-refractivity contribution in [2.45, 2.75) is 45.3 Å². The van der Waals surface area contributed by atoms with Gasteiger partial charge < -0.3 is 10.5 Å². The van der Waals surface area contributed by atoms with E-state index in [-0.39, 0.29) is 12.1 Å². The number of aromatic nitrogens is 2. The molecule has 0 spiro atoms. The third-order valence-electron chi connectivity index (χ3n) is 2.80. The largest absolute Gasteiger partial charge is 0.471 e. The average molecular weight is 207 g/mol. The van der Waals surface area contributed by atoms with Gasteiger partial charge in [0.2, 0.25) is 5.88 Å². The van der Waals surface area contributed by atoms with Crippen molar-refractivity contribution in [1.82, 2.24) is 9.97 Å². The van der Waals surface area contributed by atoms with Gasteiger partial charge in [-0.05, 0) is 33.1 Å². The molecule has 15 heavy (non-hydrogen) atoms. The molecule has 1 aliphatic rings. The van der Waals surface area contributed by atoms with Gasteiger partial charge in [0.1, 0.15) is 6.10 Å². The molecule has 0 radical (unpaired) electrons. The van der Waals surface area contributed by atoms with Crippen LogP contribution in [0.15, 0.2) is 6.20 Å². The molecule has 0 saturated heterocycles. The van der Waals surface area contributed by atoms with Crippen molar-refractivity contribution in [1.29, 1.82) is 0 Å². The number of aryl methyl sites for hydroxylation is 2. The van der Waals surface area contributed by atoms with E-state index in [1.165, 1.54) is 0 Å². The smallest absolute Gasteiger partial charge is 0.235 e. The van der Waals surface area contributed by atoms with Gasteiger partial charge in [-0.1, -0.05) is 0 Å². The summed E-state index contributed by atoms with van der Waals surface area (Å²) in [5.74, 6) is 0.636. The highest BCUT2D eigenvalue weighted by Crippen LogP contribution is 2.23. The molecule has 1 fully saturated rings. The lowest BCUT2D eigenvalue weighted by Crippen LogP contribution is -2.34. The number of ether oxygens (including phenoxy) is 1. The van der Waals surface area contributed by atoms with Crippen LogP contribution in [0.5, 0.6) is 5.88 Å². The standard InChI is InChI=1S/C11H17N3O/c1-7-6-13-8(2)11(14-7)15-10-5-3-4-9(10)12/h6,9-10H,3-5,12H2,1-2H3. The molecular weight excluding hydrogens is 190 g/mol. The van der Waals surface area contributed by atoms with Gasteiger partial charge in [0, 0.05) is 12.2 Å². The van der Waals surface area contributed by atoms with Crippen LogP contribution in [0.2, 0.25) is 0 Å². The summed E-state index contributed by atoms with van der Waals surface area (Å²) in [6.45, 7) is 3.82. The molecule has 4 heteroatoms. The first-order valence-corrected chi connectivity index (χ1v) is 5.39. The van der Waals surface area contributed by atoms with Crippen molar-refractivity contribution in [3.63, 3.8) is 0 Å². The Bertz CT molecular complexity index is 354. The molecule has 1 heterocycles. The third-order valence-corrected chi connectivity index (χ3v) is 2.80. The van der Waals surface area contributed by atoms with E-state index in [4.69, 9.17) is 10.5 Å². The molecule has 82 valence electrons. The second kappa shape index (κ2) is 4.14. The van der Waals surface area contributed by atoms with Crippen molar-refractivity contribution in [2.75, 3.05) is 0 Å². The summed E-state index contributed by atoms with van der Waals surface area (Å²) in [4.78, 5) is 8.55. The first-order chi connectivity index (χ1) is 7.16. The fourth-order valence-electron chi connectivity index (χ4n) is 1.87. The van der Waals surface area contributed by atoms with Crippen LogP contribution in [0.25, 0.3) is 0 Å². The van der Waals surface area contributed by atoms with Gasteiger partial charge in [-0.15, -0.1) is 0 Å². The zero-order chi connectivity index (χ0) is 10.8. The Kier molecular flexibility index (Phi) is 2.86. The van der Waals surface area contributed by atoms with Gasteiger partial charge >= 0.3 is 0 Å². The zero-order valence-corrected chi connectivity index (χ0v) is 9.23. The van der Waals surface area contributed by atoms with Gasteiger partial charge in [-0.2, -0.15) is 0 Å². The molecule has 0 amide bonds. The molecule has 2 N–H and O–H groups in total. The molecule has 0 bridgehead atoms. The molecular formula is C11H17N3O. The Morgan fingerprint density at radius 2 is 2.20 bits per heavy atom. The second-order valence-corrected chi connectivity index (χ2v) is 4.15. The van der Waals surface area contributed by atoms with Crippen molar-refractivity contribution in [2.24, 2.45) is 5.73 Å². The van der Waals surface area contributed by atoms with Crippen LogP contribution in [0.4, 0.5) is 0 Å². The Hall–Kier alpha value is -1.16. The summed E-state index contributed by atoms with van der Waals surface area (Å²) in [6, 6.07) is 0.145. The van der Waals surface area contributed by atoms with Crippen LogP contribution in [0.3, 0.4) is 0 Å². The maximum Gasteiger partial charge on any atom is 0.235 e. The van der Waals surface area contributed by atoms with E-state index >= 15 is 0 Å². The van der Waals surface area contributed by atoms with E-state index in [0.717, 1.165) is 30.7 Å². The fraction of sp³-hybridized carbons (Fsp3) is 0.636. The minimum absolute atomic E-state index is 0.111. The summed E-state index contributed by atoms with van der Waals surface area (Å²) in [5.41, 5.74) is 7.65. The van der Waals surface area contributed by atoms with Crippen LogP contribution >= 0.6 is 0 Å². The number of nitrogens with two attached hydrogens (primary N) is 1. The fourth-order valence-corrected chi connectivity index (χ4v) is 1.87. The minimum Gasteiger partial charge on any atom is -0.471 e. The summed E-state index contributed by atoms with van der Waals surface area (Å²) >= 11 is 0. The molecule has 0 aliphatic heterocycles. The van der Waals surface area contributed by atoms with Crippen LogP contribution < -0.4 is 10.5 Å². The van der Waals surface area contributed by atoms with Crippen molar-refractivity contribution in [3.8, 4) is 5.88 Å². The van der Waals surface area contributed by atoms with Gasteiger partial charge in [0.05, 0.1) is 11.4 Å². The Morgan fingerprint density at radius 3 is 2.87 bits per heavy atom. The molecule has 1 aromatic heterocycles. The molecule has 4 nitrogen and oxygen atoms in total. The van der Waals surface area contributed by atoms with E-state index in [0.29, 0.717) is 5.88 Å². The average Bonchev–Trinajstić information content (AvgIpc) is 2.58. The summed E-state index contributed by atoms with van der Waals surface area (Å²) in [5, 5.41) is 0. The van der Waals surface area contributed by atoms with Crippen LogP contribution in [-0.4, -0.2) is 22.1 Å². The first kappa shape index (κ1) is 10.4. The van der Waals surface area contributed by atoms with Gasteiger partial charge in [-0.25, -0.2) is 4.98 Å². The van der Waals surface area contributed by atoms with Gasteiger partial charge in [0.25, 0.3) is 0 Å². The lowest BCUT2D eigenvalue weighted by Gasteiger charge is -2.18. The van der Waals surface area contributed by atoms with Crippen LogP contribution in [-0.2, 0) is 0 Å². The maximum absolute atomic E-state index is 5.94. The minimum atomic E-state index is 0.111.